The minimum atomic E-state index is -1.54. The third-order valence-corrected chi connectivity index (χ3v) is 6.49. The van der Waals surface area contributed by atoms with Gasteiger partial charge >= 0.3 is 0 Å². The highest BCUT2D eigenvalue weighted by molar-refractivity contribution is 5.98. The van der Waals surface area contributed by atoms with Crippen LogP contribution in [0.25, 0.3) is 11.0 Å². The van der Waals surface area contributed by atoms with E-state index in [0.29, 0.717) is 80.6 Å². The number of benzene rings is 2. The first kappa shape index (κ1) is 28.5. The van der Waals surface area contributed by atoms with Crippen molar-refractivity contribution in [1.82, 2.24) is 20.2 Å². The van der Waals surface area contributed by atoms with Crippen molar-refractivity contribution in [3.63, 3.8) is 0 Å². The lowest BCUT2D eigenvalue weighted by Crippen LogP contribution is -2.36. The first-order valence-electron chi connectivity index (χ1n) is 12.8. The number of morpholine rings is 1. The molecule has 1 unspecified atom stereocenters. The Hall–Kier alpha value is -3.48. The van der Waals surface area contributed by atoms with Crippen molar-refractivity contribution in [3.05, 3.63) is 59.0 Å². The number of nitrogens with zero attached hydrogens (tertiary/aromatic N) is 4. The van der Waals surface area contributed by atoms with Crippen molar-refractivity contribution in [3.8, 4) is 0 Å². The van der Waals surface area contributed by atoms with E-state index in [1.54, 1.807) is 37.2 Å². The minimum absolute atomic E-state index is 0.0527. The van der Waals surface area contributed by atoms with Crippen LogP contribution in [-0.4, -0.2) is 87.5 Å². The molecule has 0 bridgehead atoms. The van der Waals surface area contributed by atoms with Gasteiger partial charge in [-0.05, 0) is 26.1 Å². The number of aromatic nitrogens is 2. The standard InChI is InChI=1S/C27H33F3N6O3/c1-17(33-19-14-21(28)25(30)22(29)15-19)20-12-18(27(37)35(3)5-9-38-8-4-31-2)13-23-26(20)34-24(16-32-23)36-6-10-39-11-7-36/h12-17,31,33H,4-11H2,1-3H3. The van der Waals surface area contributed by atoms with E-state index in [0.717, 1.165) is 12.1 Å². The van der Waals surface area contributed by atoms with Gasteiger partial charge in [-0.3, -0.25) is 9.78 Å². The quantitative estimate of drug-likeness (QED) is 0.280. The molecule has 2 aromatic carbocycles. The SMILES string of the molecule is CNCCOCCN(C)C(=O)c1cc(C(C)Nc2cc(F)c(F)c(F)c2)c2nc(N3CCOCC3)cnc2c1. The Balaban J connectivity index is 1.67. The largest absolute Gasteiger partial charge is 0.378 e. The summed E-state index contributed by atoms with van der Waals surface area (Å²) in [5.74, 6) is -3.71. The maximum atomic E-state index is 13.9. The van der Waals surface area contributed by atoms with Gasteiger partial charge in [0.25, 0.3) is 5.91 Å². The zero-order chi connectivity index (χ0) is 27.9. The van der Waals surface area contributed by atoms with Crippen LogP contribution in [-0.2, 0) is 9.47 Å². The topological polar surface area (TPSA) is 91.9 Å². The van der Waals surface area contributed by atoms with E-state index in [9.17, 15) is 18.0 Å². The van der Waals surface area contributed by atoms with Crippen LogP contribution in [0, 0.1) is 17.5 Å². The molecule has 1 saturated heterocycles. The number of nitrogens with one attached hydrogen (secondary N) is 2. The van der Waals surface area contributed by atoms with Gasteiger partial charge < -0.3 is 29.9 Å². The molecule has 1 aliphatic rings. The average molecular weight is 547 g/mol. The fourth-order valence-corrected chi connectivity index (χ4v) is 4.30. The van der Waals surface area contributed by atoms with Crippen LogP contribution in [0.3, 0.4) is 0 Å². The molecule has 4 rings (SSSR count). The number of hydrogen-bond donors (Lipinski definition) is 2. The molecule has 0 spiro atoms. The molecule has 0 radical (unpaired) electrons. The van der Waals surface area contributed by atoms with E-state index in [1.165, 1.54) is 0 Å². The highest BCUT2D eigenvalue weighted by Crippen LogP contribution is 2.30. The Morgan fingerprint density at radius 3 is 2.56 bits per heavy atom. The Morgan fingerprint density at radius 1 is 1.15 bits per heavy atom. The van der Waals surface area contributed by atoms with Gasteiger partial charge in [-0.2, -0.15) is 0 Å². The molecule has 0 aliphatic carbocycles. The second kappa shape index (κ2) is 13.0. The van der Waals surface area contributed by atoms with Crippen LogP contribution in [0.1, 0.15) is 28.9 Å². The second-order valence-corrected chi connectivity index (χ2v) is 9.32. The fraction of sp³-hybridized carbons (Fsp3) is 0.444. The Morgan fingerprint density at radius 2 is 1.87 bits per heavy atom. The number of anilines is 2. The first-order valence-corrected chi connectivity index (χ1v) is 12.8. The van der Waals surface area contributed by atoms with Gasteiger partial charge in [0, 0.05) is 62.2 Å². The molecular weight excluding hydrogens is 513 g/mol. The van der Waals surface area contributed by atoms with Crippen LogP contribution < -0.4 is 15.5 Å². The van der Waals surface area contributed by atoms with Gasteiger partial charge in [0.05, 0.1) is 49.7 Å². The van der Waals surface area contributed by atoms with Crippen molar-refractivity contribution in [1.29, 1.82) is 0 Å². The van der Waals surface area contributed by atoms with Crippen molar-refractivity contribution < 1.29 is 27.4 Å². The maximum absolute atomic E-state index is 13.9. The summed E-state index contributed by atoms with van der Waals surface area (Å²) in [5.41, 5.74) is 2.07. The summed E-state index contributed by atoms with van der Waals surface area (Å²) in [7, 11) is 3.52. The molecule has 2 heterocycles. The molecule has 1 aromatic heterocycles. The Labute approximate surface area is 225 Å². The monoisotopic (exact) mass is 546 g/mol. The van der Waals surface area contributed by atoms with Crippen LogP contribution in [0.4, 0.5) is 24.7 Å². The van der Waals surface area contributed by atoms with E-state index < -0.39 is 23.5 Å². The molecule has 210 valence electrons. The minimum Gasteiger partial charge on any atom is -0.378 e. The third-order valence-electron chi connectivity index (χ3n) is 6.49. The summed E-state index contributed by atoms with van der Waals surface area (Å²) in [6.45, 7) is 6.26. The number of carbonyl (C=O) groups is 1. The van der Waals surface area contributed by atoms with E-state index >= 15 is 0 Å². The van der Waals surface area contributed by atoms with Crippen molar-refractivity contribution >= 4 is 28.4 Å². The molecule has 1 atom stereocenters. The predicted octanol–water partition coefficient (Wildman–Crippen LogP) is 3.36. The summed E-state index contributed by atoms with van der Waals surface area (Å²) in [4.78, 5) is 26.4. The summed E-state index contributed by atoms with van der Waals surface area (Å²) < 4.78 is 52.2. The van der Waals surface area contributed by atoms with E-state index in [4.69, 9.17) is 14.5 Å². The lowest BCUT2D eigenvalue weighted by Gasteiger charge is -2.28. The number of rotatable bonds is 11. The number of amides is 1. The van der Waals surface area contributed by atoms with E-state index in [2.05, 4.69) is 20.5 Å². The summed E-state index contributed by atoms with van der Waals surface area (Å²) in [6, 6.07) is 4.60. The maximum Gasteiger partial charge on any atom is 0.253 e. The van der Waals surface area contributed by atoms with Crippen molar-refractivity contribution in [2.75, 3.05) is 76.9 Å². The number of likely N-dealkylation sites (N-methyl/N-ethyl adjacent to an activating group) is 2. The smallest absolute Gasteiger partial charge is 0.253 e. The second-order valence-electron chi connectivity index (χ2n) is 9.32. The molecule has 0 saturated carbocycles. The van der Waals surface area contributed by atoms with Gasteiger partial charge in [-0.1, -0.05) is 0 Å². The fourth-order valence-electron chi connectivity index (χ4n) is 4.30. The number of hydrogen-bond acceptors (Lipinski definition) is 8. The third kappa shape index (κ3) is 6.94. The predicted molar refractivity (Wildman–Crippen MR) is 143 cm³/mol. The zero-order valence-electron chi connectivity index (χ0n) is 22.3. The molecule has 9 nitrogen and oxygen atoms in total. The van der Waals surface area contributed by atoms with E-state index in [1.807, 2.05) is 7.05 Å². The Bertz CT molecular complexity index is 1280. The number of ether oxygens (including phenoxy) is 2. The molecule has 39 heavy (non-hydrogen) atoms. The molecular formula is C27H33F3N6O3. The van der Waals surface area contributed by atoms with E-state index in [-0.39, 0.29) is 11.6 Å². The molecule has 1 aliphatic heterocycles. The van der Waals surface area contributed by atoms with Gasteiger partial charge in [0.1, 0.15) is 5.82 Å². The lowest BCUT2D eigenvalue weighted by molar-refractivity contribution is 0.0700. The van der Waals surface area contributed by atoms with Gasteiger partial charge in [-0.15, -0.1) is 0 Å². The Kier molecular flexibility index (Phi) is 9.54. The highest BCUT2D eigenvalue weighted by Gasteiger charge is 2.21. The van der Waals surface area contributed by atoms with Crippen LogP contribution in [0.2, 0.25) is 0 Å². The molecule has 1 amide bonds. The summed E-state index contributed by atoms with van der Waals surface area (Å²) in [6.07, 6.45) is 1.66. The summed E-state index contributed by atoms with van der Waals surface area (Å²) >= 11 is 0. The normalized spacial score (nSPS) is 14.5. The molecule has 3 aromatic rings. The van der Waals surface area contributed by atoms with Crippen LogP contribution >= 0.6 is 0 Å². The number of carbonyl (C=O) groups excluding carboxylic acids is 1. The van der Waals surface area contributed by atoms with Gasteiger partial charge in [-0.25, -0.2) is 18.2 Å². The molecule has 12 heteroatoms. The van der Waals surface area contributed by atoms with Crippen molar-refractivity contribution in [2.45, 2.75) is 13.0 Å². The van der Waals surface area contributed by atoms with Gasteiger partial charge in [0.2, 0.25) is 0 Å². The first-order chi connectivity index (χ1) is 18.8. The molecule has 2 N–H and O–H groups in total. The average Bonchev–Trinajstić information content (AvgIpc) is 2.94. The summed E-state index contributed by atoms with van der Waals surface area (Å²) in [5, 5.41) is 6.00. The number of halogens is 3. The number of fused-ring (bicyclic) bond motifs is 1. The zero-order valence-corrected chi connectivity index (χ0v) is 22.3. The van der Waals surface area contributed by atoms with Crippen LogP contribution in [0.5, 0.6) is 0 Å². The van der Waals surface area contributed by atoms with Crippen molar-refractivity contribution in [2.24, 2.45) is 0 Å². The van der Waals surface area contributed by atoms with Crippen LogP contribution in [0.15, 0.2) is 30.5 Å². The lowest BCUT2D eigenvalue weighted by atomic mass is 10.0. The molecule has 1 fully saturated rings. The highest BCUT2D eigenvalue weighted by atomic mass is 19.2. The van der Waals surface area contributed by atoms with Gasteiger partial charge in [0.15, 0.2) is 17.5 Å².